The van der Waals surface area contributed by atoms with Crippen molar-refractivity contribution in [3.8, 4) is 0 Å². The SMILES string of the molecule is CC(C)n1ncc(Cl)c1C(=O)c1ccncc1F. The highest BCUT2D eigenvalue weighted by Gasteiger charge is 2.22. The molecule has 0 fully saturated rings. The number of nitrogens with zero attached hydrogens (tertiary/aromatic N) is 3. The maximum Gasteiger partial charge on any atom is 0.215 e. The Kier molecular flexibility index (Phi) is 3.43. The third-order valence-electron chi connectivity index (χ3n) is 2.47. The van der Waals surface area contributed by atoms with Gasteiger partial charge in [-0.15, -0.1) is 0 Å². The Bertz CT molecular complexity index is 595. The van der Waals surface area contributed by atoms with Crippen LogP contribution in [0.2, 0.25) is 5.02 Å². The highest BCUT2D eigenvalue weighted by atomic mass is 35.5. The molecule has 0 bridgehead atoms. The van der Waals surface area contributed by atoms with Gasteiger partial charge in [-0.2, -0.15) is 5.10 Å². The molecule has 2 heterocycles. The van der Waals surface area contributed by atoms with Gasteiger partial charge in [-0.25, -0.2) is 4.39 Å². The van der Waals surface area contributed by atoms with Gasteiger partial charge in [0.2, 0.25) is 5.78 Å². The first-order valence-corrected chi connectivity index (χ1v) is 5.77. The minimum atomic E-state index is -0.671. The van der Waals surface area contributed by atoms with Crippen LogP contribution in [0.15, 0.2) is 24.7 Å². The number of hydrogen-bond acceptors (Lipinski definition) is 3. The van der Waals surface area contributed by atoms with Gasteiger partial charge in [-0.1, -0.05) is 11.6 Å². The first kappa shape index (κ1) is 12.7. The number of rotatable bonds is 3. The van der Waals surface area contributed by atoms with E-state index in [2.05, 4.69) is 10.1 Å². The van der Waals surface area contributed by atoms with Crippen molar-refractivity contribution < 1.29 is 9.18 Å². The Morgan fingerprint density at radius 3 is 2.78 bits per heavy atom. The summed E-state index contributed by atoms with van der Waals surface area (Å²) in [7, 11) is 0. The average Bonchev–Trinajstić information content (AvgIpc) is 2.71. The molecule has 0 N–H and O–H groups in total. The Labute approximate surface area is 108 Å². The standard InChI is InChI=1S/C12H11ClFN3O/c1-7(2)17-11(9(13)5-16-17)12(18)8-3-4-15-6-10(8)14/h3-7H,1-2H3. The molecule has 0 amide bonds. The molecule has 0 atom stereocenters. The van der Waals surface area contributed by atoms with E-state index in [-0.39, 0.29) is 22.3 Å². The number of carbonyl (C=O) groups excluding carboxylic acids is 1. The largest absolute Gasteiger partial charge is 0.287 e. The van der Waals surface area contributed by atoms with Crippen molar-refractivity contribution in [2.45, 2.75) is 19.9 Å². The average molecular weight is 268 g/mol. The van der Waals surface area contributed by atoms with Crippen LogP contribution in [0.25, 0.3) is 0 Å². The van der Waals surface area contributed by atoms with E-state index in [1.165, 1.54) is 23.1 Å². The molecular weight excluding hydrogens is 257 g/mol. The molecule has 2 aromatic heterocycles. The first-order valence-electron chi connectivity index (χ1n) is 5.39. The fourth-order valence-corrected chi connectivity index (χ4v) is 1.85. The molecule has 2 rings (SSSR count). The van der Waals surface area contributed by atoms with Crippen molar-refractivity contribution in [1.82, 2.24) is 14.8 Å². The van der Waals surface area contributed by atoms with Crippen LogP contribution in [0.5, 0.6) is 0 Å². The predicted octanol–water partition coefficient (Wildman–Crippen LogP) is 2.88. The zero-order valence-electron chi connectivity index (χ0n) is 9.89. The number of aromatic nitrogens is 3. The van der Waals surface area contributed by atoms with Crippen LogP contribution < -0.4 is 0 Å². The molecule has 0 unspecified atom stereocenters. The lowest BCUT2D eigenvalue weighted by Gasteiger charge is -2.10. The highest BCUT2D eigenvalue weighted by molar-refractivity contribution is 6.34. The number of carbonyl (C=O) groups is 1. The maximum atomic E-state index is 13.5. The minimum absolute atomic E-state index is 0.0404. The van der Waals surface area contributed by atoms with E-state index >= 15 is 0 Å². The summed E-state index contributed by atoms with van der Waals surface area (Å²) in [6.07, 6.45) is 3.74. The summed E-state index contributed by atoms with van der Waals surface area (Å²) in [6, 6.07) is 1.28. The quantitative estimate of drug-likeness (QED) is 0.804. The van der Waals surface area contributed by atoms with Gasteiger partial charge in [0, 0.05) is 12.2 Å². The Morgan fingerprint density at radius 1 is 1.44 bits per heavy atom. The second-order valence-electron chi connectivity index (χ2n) is 4.06. The number of halogens is 2. The van der Waals surface area contributed by atoms with Gasteiger partial charge in [0.25, 0.3) is 0 Å². The van der Waals surface area contributed by atoms with Crippen LogP contribution in [-0.2, 0) is 0 Å². The summed E-state index contributed by atoms with van der Waals surface area (Å²) in [5.74, 6) is -1.17. The third kappa shape index (κ3) is 2.13. The molecule has 0 saturated carbocycles. The minimum Gasteiger partial charge on any atom is -0.287 e. The molecule has 0 aliphatic carbocycles. The molecular formula is C12H11ClFN3O. The Morgan fingerprint density at radius 2 is 2.17 bits per heavy atom. The van der Waals surface area contributed by atoms with Gasteiger partial charge in [-0.3, -0.25) is 14.5 Å². The zero-order valence-corrected chi connectivity index (χ0v) is 10.6. The summed E-state index contributed by atoms with van der Waals surface area (Å²) < 4.78 is 15.0. The van der Waals surface area contributed by atoms with E-state index in [1.807, 2.05) is 13.8 Å². The fraction of sp³-hybridized carbons (Fsp3) is 0.250. The van der Waals surface area contributed by atoms with Crippen molar-refractivity contribution >= 4 is 17.4 Å². The smallest absolute Gasteiger partial charge is 0.215 e. The van der Waals surface area contributed by atoms with E-state index in [9.17, 15) is 9.18 Å². The second-order valence-corrected chi connectivity index (χ2v) is 4.47. The van der Waals surface area contributed by atoms with Gasteiger partial charge in [0.15, 0.2) is 5.82 Å². The van der Waals surface area contributed by atoms with Crippen LogP contribution in [-0.4, -0.2) is 20.5 Å². The van der Waals surface area contributed by atoms with Crippen molar-refractivity contribution in [3.05, 3.63) is 46.8 Å². The molecule has 0 spiro atoms. The first-order chi connectivity index (χ1) is 8.52. The summed E-state index contributed by atoms with van der Waals surface area (Å²) >= 11 is 5.94. The lowest BCUT2D eigenvalue weighted by Crippen LogP contribution is -2.15. The lowest BCUT2D eigenvalue weighted by molar-refractivity contribution is 0.102. The molecule has 0 aromatic carbocycles. The van der Waals surface area contributed by atoms with E-state index in [4.69, 9.17) is 11.6 Å². The number of pyridine rings is 1. The molecule has 94 valence electrons. The van der Waals surface area contributed by atoms with Crippen LogP contribution in [0, 0.1) is 5.82 Å². The van der Waals surface area contributed by atoms with Crippen molar-refractivity contribution in [2.24, 2.45) is 0 Å². The van der Waals surface area contributed by atoms with E-state index in [1.54, 1.807) is 0 Å². The molecule has 0 aliphatic rings. The Hall–Kier alpha value is -1.75. The van der Waals surface area contributed by atoms with E-state index in [0.717, 1.165) is 6.20 Å². The molecule has 0 radical (unpaired) electrons. The molecule has 6 heteroatoms. The van der Waals surface area contributed by atoms with Crippen LogP contribution in [0.1, 0.15) is 35.9 Å². The van der Waals surface area contributed by atoms with Crippen molar-refractivity contribution in [2.75, 3.05) is 0 Å². The summed E-state index contributed by atoms with van der Waals surface area (Å²) in [5.41, 5.74) is 0.131. The van der Waals surface area contributed by atoms with Crippen LogP contribution in [0.4, 0.5) is 4.39 Å². The maximum absolute atomic E-state index is 13.5. The topological polar surface area (TPSA) is 47.8 Å². The predicted molar refractivity (Wildman–Crippen MR) is 65.2 cm³/mol. The van der Waals surface area contributed by atoms with E-state index < -0.39 is 11.6 Å². The molecule has 4 nitrogen and oxygen atoms in total. The number of ketones is 1. The van der Waals surface area contributed by atoms with Gasteiger partial charge in [-0.05, 0) is 19.9 Å². The lowest BCUT2D eigenvalue weighted by atomic mass is 10.1. The molecule has 2 aromatic rings. The molecule has 18 heavy (non-hydrogen) atoms. The van der Waals surface area contributed by atoms with Gasteiger partial charge < -0.3 is 0 Å². The van der Waals surface area contributed by atoms with Gasteiger partial charge >= 0.3 is 0 Å². The summed E-state index contributed by atoms with van der Waals surface area (Å²) in [5, 5.41) is 4.23. The third-order valence-corrected chi connectivity index (χ3v) is 2.75. The highest BCUT2D eigenvalue weighted by Crippen LogP contribution is 2.22. The summed E-state index contributed by atoms with van der Waals surface area (Å²) in [4.78, 5) is 15.9. The van der Waals surface area contributed by atoms with Crippen LogP contribution >= 0.6 is 11.6 Å². The zero-order chi connectivity index (χ0) is 13.3. The van der Waals surface area contributed by atoms with Gasteiger partial charge in [0.1, 0.15) is 5.69 Å². The molecule has 0 aliphatic heterocycles. The summed E-state index contributed by atoms with van der Waals surface area (Å²) in [6.45, 7) is 3.73. The van der Waals surface area contributed by atoms with Gasteiger partial charge in [0.05, 0.1) is 23.0 Å². The normalized spacial score (nSPS) is 10.9. The van der Waals surface area contributed by atoms with E-state index in [0.29, 0.717) is 0 Å². The van der Waals surface area contributed by atoms with Crippen molar-refractivity contribution in [1.29, 1.82) is 0 Å². The van der Waals surface area contributed by atoms with Crippen LogP contribution in [0.3, 0.4) is 0 Å². The monoisotopic (exact) mass is 267 g/mol. The van der Waals surface area contributed by atoms with Crippen molar-refractivity contribution in [3.63, 3.8) is 0 Å². The fourth-order valence-electron chi connectivity index (χ4n) is 1.63. The Balaban J connectivity index is 2.53. The second kappa shape index (κ2) is 4.86. The molecule has 0 saturated heterocycles. The number of hydrogen-bond donors (Lipinski definition) is 0.